The first-order valence-electron chi connectivity index (χ1n) is 11.1. The van der Waals surface area contributed by atoms with Gasteiger partial charge in [0, 0.05) is 29.2 Å². The van der Waals surface area contributed by atoms with Gasteiger partial charge in [0.25, 0.3) is 0 Å². The third-order valence-electron chi connectivity index (χ3n) is 6.27. The van der Waals surface area contributed by atoms with E-state index >= 15 is 0 Å². The maximum absolute atomic E-state index is 13.1. The number of aromatic hydroxyl groups is 3. The Bertz CT molecular complexity index is 1590. The Morgan fingerprint density at radius 2 is 1.54 bits per heavy atom. The van der Waals surface area contributed by atoms with Crippen LogP contribution in [0, 0.1) is 0 Å². The molecule has 3 N–H and O–H groups in total. The Hall–Kier alpha value is -4.86. The van der Waals surface area contributed by atoms with Crippen molar-refractivity contribution in [1.29, 1.82) is 0 Å². The molecular formula is C27H22O10. The summed E-state index contributed by atoms with van der Waals surface area (Å²) in [5.74, 6) is -1.17. The van der Waals surface area contributed by atoms with E-state index in [9.17, 15) is 24.9 Å². The summed E-state index contributed by atoms with van der Waals surface area (Å²) in [6.07, 6.45) is -0.0978. The highest BCUT2D eigenvalue weighted by Gasteiger charge is 2.34. The molecule has 2 heterocycles. The zero-order valence-electron chi connectivity index (χ0n) is 20.0. The third-order valence-corrected chi connectivity index (χ3v) is 6.27. The zero-order chi connectivity index (χ0) is 26.4. The molecule has 1 aromatic heterocycles. The maximum atomic E-state index is 13.1. The van der Waals surface area contributed by atoms with Crippen LogP contribution in [0.4, 0.5) is 0 Å². The monoisotopic (exact) mass is 506 g/mol. The molecule has 0 saturated carbocycles. The number of fused-ring (bicyclic) bond motifs is 3. The molecule has 4 aromatic rings. The number of phenolic OH excluding ortho intramolecular Hbond substituents is 3. The molecule has 10 nitrogen and oxygen atoms in total. The average Bonchev–Trinajstić information content (AvgIpc) is 2.88. The minimum Gasteiger partial charge on any atom is -0.507 e. The number of hydrogen-bond donors (Lipinski definition) is 3. The Labute approximate surface area is 209 Å². The van der Waals surface area contributed by atoms with Gasteiger partial charge < -0.3 is 38.7 Å². The maximum Gasteiger partial charge on any atom is 0.312 e. The first kappa shape index (κ1) is 23.9. The average molecular weight is 506 g/mol. The molecule has 0 saturated heterocycles. The van der Waals surface area contributed by atoms with Crippen molar-refractivity contribution >= 4 is 16.9 Å². The first-order valence-corrected chi connectivity index (χ1v) is 11.1. The molecule has 0 aliphatic carbocycles. The van der Waals surface area contributed by atoms with Gasteiger partial charge >= 0.3 is 5.97 Å². The van der Waals surface area contributed by atoms with Gasteiger partial charge in [-0.05, 0) is 35.9 Å². The van der Waals surface area contributed by atoms with Crippen molar-refractivity contribution in [1.82, 2.24) is 0 Å². The van der Waals surface area contributed by atoms with Crippen molar-refractivity contribution in [2.75, 3.05) is 21.3 Å². The Morgan fingerprint density at radius 1 is 0.838 bits per heavy atom. The molecule has 0 spiro atoms. The van der Waals surface area contributed by atoms with Gasteiger partial charge in [0.05, 0.1) is 27.8 Å². The fourth-order valence-electron chi connectivity index (χ4n) is 4.57. The summed E-state index contributed by atoms with van der Waals surface area (Å²) in [6, 6.07) is 9.72. The van der Waals surface area contributed by atoms with Gasteiger partial charge in [-0.1, -0.05) is 0 Å². The molecule has 1 aliphatic heterocycles. The lowest BCUT2D eigenvalue weighted by Gasteiger charge is -2.27. The molecule has 1 atom stereocenters. The predicted molar refractivity (Wildman–Crippen MR) is 131 cm³/mol. The smallest absolute Gasteiger partial charge is 0.312 e. The van der Waals surface area contributed by atoms with E-state index in [0.29, 0.717) is 33.9 Å². The SMILES string of the molecule is COc1cc(C2CC(=O)Oc3cc(O)c4c(=O)cc(-c5ccc(O)c(O)c5)oc4c32)cc(OC)c1OC. The van der Waals surface area contributed by atoms with Gasteiger partial charge in [0.15, 0.2) is 28.4 Å². The van der Waals surface area contributed by atoms with Gasteiger partial charge in [-0.3, -0.25) is 9.59 Å². The lowest BCUT2D eigenvalue weighted by Crippen LogP contribution is -2.22. The molecule has 0 amide bonds. The van der Waals surface area contributed by atoms with Crippen molar-refractivity contribution in [3.05, 3.63) is 63.8 Å². The van der Waals surface area contributed by atoms with Gasteiger partial charge in [-0.2, -0.15) is 0 Å². The van der Waals surface area contributed by atoms with Crippen LogP contribution in [-0.4, -0.2) is 42.6 Å². The normalized spacial score (nSPS) is 14.7. The number of carbonyl (C=O) groups is 1. The Kier molecular flexibility index (Phi) is 5.79. The van der Waals surface area contributed by atoms with E-state index in [-0.39, 0.29) is 34.6 Å². The van der Waals surface area contributed by atoms with Crippen molar-refractivity contribution < 1.29 is 43.5 Å². The van der Waals surface area contributed by atoms with Crippen LogP contribution in [0.3, 0.4) is 0 Å². The summed E-state index contributed by atoms with van der Waals surface area (Å²) < 4.78 is 27.9. The molecule has 37 heavy (non-hydrogen) atoms. The first-order chi connectivity index (χ1) is 17.7. The van der Waals surface area contributed by atoms with Crippen LogP contribution in [0.15, 0.2) is 51.7 Å². The topological polar surface area (TPSA) is 145 Å². The van der Waals surface area contributed by atoms with E-state index in [1.807, 2.05) is 0 Å². The van der Waals surface area contributed by atoms with Crippen molar-refractivity contribution in [3.63, 3.8) is 0 Å². The van der Waals surface area contributed by atoms with Crippen LogP contribution in [-0.2, 0) is 4.79 Å². The highest BCUT2D eigenvalue weighted by atomic mass is 16.5. The van der Waals surface area contributed by atoms with Crippen LogP contribution in [0.5, 0.6) is 40.2 Å². The van der Waals surface area contributed by atoms with Crippen molar-refractivity contribution in [3.8, 4) is 51.6 Å². The van der Waals surface area contributed by atoms with Gasteiger partial charge in [0.1, 0.15) is 28.2 Å². The summed E-state index contributed by atoms with van der Waals surface area (Å²) in [5.41, 5.74) is 0.725. The summed E-state index contributed by atoms with van der Waals surface area (Å²) in [7, 11) is 4.41. The van der Waals surface area contributed by atoms with Gasteiger partial charge in [0.2, 0.25) is 5.75 Å². The summed E-state index contributed by atoms with van der Waals surface area (Å²) in [6.45, 7) is 0. The number of esters is 1. The second kappa shape index (κ2) is 8.98. The van der Waals surface area contributed by atoms with Gasteiger partial charge in [-0.25, -0.2) is 0 Å². The lowest BCUT2D eigenvalue weighted by molar-refractivity contribution is -0.135. The van der Waals surface area contributed by atoms with E-state index < -0.39 is 28.8 Å². The predicted octanol–water partition coefficient (Wildman–Crippen LogP) is 4.04. The quantitative estimate of drug-likeness (QED) is 0.206. The number of rotatable bonds is 5. The molecule has 0 bridgehead atoms. The van der Waals surface area contributed by atoms with Crippen LogP contribution in [0.25, 0.3) is 22.3 Å². The van der Waals surface area contributed by atoms with Crippen molar-refractivity contribution in [2.24, 2.45) is 0 Å². The molecule has 5 rings (SSSR count). The van der Waals surface area contributed by atoms with E-state index in [4.69, 9.17) is 23.4 Å². The molecular weight excluding hydrogens is 484 g/mol. The highest BCUT2D eigenvalue weighted by molar-refractivity contribution is 5.93. The largest absolute Gasteiger partial charge is 0.507 e. The molecule has 0 radical (unpaired) electrons. The molecule has 3 aromatic carbocycles. The molecule has 1 aliphatic rings. The zero-order valence-corrected chi connectivity index (χ0v) is 20.0. The van der Waals surface area contributed by atoms with Crippen LogP contribution in [0.1, 0.15) is 23.5 Å². The number of carbonyl (C=O) groups excluding carboxylic acids is 1. The fourth-order valence-corrected chi connectivity index (χ4v) is 4.57. The summed E-state index contributed by atoms with van der Waals surface area (Å²) >= 11 is 0. The molecule has 190 valence electrons. The van der Waals surface area contributed by atoms with Crippen LogP contribution in [0.2, 0.25) is 0 Å². The van der Waals surface area contributed by atoms with Crippen LogP contribution >= 0.6 is 0 Å². The second-order valence-corrected chi connectivity index (χ2v) is 8.38. The fraction of sp³-hybridized carbons (Fsp3) is 0.185. The van der Waals surface area contributed by atoms with E-state index in [1.54, 1.807) is 12.1 Å². The standard InChI is InChI=1S/C27H22O10/c1-33-21-7-13(8-22(34-2)26(21)35-3)14-9-23(32)36-20-11-18(31)25-17(30)10-19(37-27(25)24(14)20)12-4-5-15(28)16(29)6-12/h4-8,10-11,14,28-29,31H,9H2,1-3H3. The molecule has 1 unspecified atom stereocenters. The number of benzene rings is 3. The van der Waals surface area contributed by atoms with E-state index in [2.05, 4.69) is 0 Å². The number of hydrogen-bond acceptors (Lipinski definition) is 10. The Morgan fingerprint density at radius 3 is 2.16 bits per heavy atom. The highest BCUT2D eigenvalue weighted by Crippen LogP contribution is 2.49. The van der Waals surface area contributed by atoms with E-state index in [1.165, 1.54) is 51.7 Å². The lowest BCUT2D eigenvalue weighted by atomic mass is 9.84. The number of methoxy groups -OCH3 is 3. The third kappa shape index (κ3) is 3.92. The number of phenols is 3. The molecule has 0 fully saturated rings. The minimum atomic E-state index is -0.667. The van der Waals surface area contributed by atoms with Gasteiger partial charge in [-0.15, -0.1) is 0 Å². The summed E-state index contributed by atoms with van der Waals surface area (Å²) in [5, 5.41) is 30.2. The summed E-state index contributed by atoms with van der Waals surface area (Å²) in [4.78, 5) is 25.7. The van der Waals surface area contributed by atoms with Crippen molar-refractivity contribution in [2.45, 2.75) is 12.3 Å². The van der Waals surface area contributed by atoms with E-state index in [0.717, 1.165) is 0 Å². The number of ether oxygens (including phenoxy) is 4. The van der Waals surface area contributed by atoms with Crippen LogP contribution < -0.4 is 24.4 Å². The Balaban J connectivity index is 1.81. The molecule has 10 heteroatoms. The second-order valence-electron chi connectivity index (χ2n) is 8.38. The minimum absolute atomic E-state index is 0.0105.